The quantitative estimate of drug-likeness (QED) is 0.446. The van der Waals surface area contributed by atoms with Gasteiger partial charge in [0.05, 0.1) is 12.7 Å². The molecule has 0 radical (unpaired) electrons. The van der Waals surface area contributed by atoms with Gasteiger partial charge in [0.25, 0.3) is 5.91 Å². The Kier molecular flexibility index (Phi) is 7.80. The maximum Gasteiger partial charge on any atom is 0.251 e. The van der Waals surface area contributed by atoms with Crippen LogP contribution in [0, 0.1) is 0 Å². The molecule has 3 N–H and O–H groups in total. The normalized spacial score (nSPS) is 13.9. The number of anilines is 1. The van der Waals surface area contributed by atoms with Crippen molar-refractivity contribution in [3.05, 3.63) is 40.3 Å². The second-order valence-corrected chi connectivity index (χ2v) is 9.84. The van der Waals surface area contributed by atoms with Crippen LogP contribution < -0.4 is 15.8 Å². The molecule has 0 saturated heterocycles. The number of thiophene rings is 1. The predicted molar refractivity (Wildman–Crippen MR) is 124 cm³/mol. The third kappa shape index (κ3) is 5.56. The molecule has 0 bridgehead atoms. The van der Waals surface area contributed by atoms with Gasteiger partial charge in [-0.05, 0) is 62.3 Å². The van der Waals surface area contributed by atoms with Gasteiger partial charge in [0.2, 0.25) is 5.91 Å². The van der Waals surface area contributed by atoms with E-state index in [1.54, 1.807) is 18.9 Å². The first-order chi connectivity index (χ1) is 14.4. The zero-order valence-corrected chi connectivity index (χ0v) is 19.3. The van der Waals surface area contributed by atoms with Crippen molar-refractivity contribution >= 4 is 39.9 Å². The van der Waals surface area contributed by atoms with Crippen molar-refractivity contribution in [2.24, 2.45) is 5.73 Å². The van der Waals surface area contributed by atoms with Gasteiger partial charge in [0.15, 0.2) is 0 Å². The Bertz CT molecular complexity index is 894. The number of rotatable bonds is 9. The Labute approximate surface area is 186 Å². The van der Waals surface area contributed by atoms with Gasteiger partial charge in [-0.2, -0.15) is 0 Å². The fourth-order valence-corrected chi connectivity index (χ4v) is 5.64. The molecule has 1 aromatic carbocycles. The number of fused-ring (bicyclic) bond motifs is 1. The fraction of sp³-hybridized carbons (Fsp3) is 0.455. The number of primary amides is 1. The van der Waals surface area contributed by atoms with Gasteiger partial charge in [0, 0.05) is 35.3 Å². The van der Waals surface area contributed by atoms with E-state index >= 15 is 0 Å². The molecule has 1 aromatic heterocycles. The SMILES string of the molecule is COc1ccc(SCCCC(=O)Nc2sc3c(c2C(N)=O)CCN(C(C)C)C3)cc1. The lowest BCUT2D eigenvalue weighted by Gasteiger charge is -2.30. The highest BCUT2D eigenvalue weighted by molar-refractivity contribution is 7.99. The topological polar surface area (TPSA) is 84.7 Å². The number of carbonyl (C=O) groups is 2. The lowest BCUT2D eigenvalue weighted by atomic mass is 10.0. The minimum atomic E-state index is -0.462. The van der Waals surface area contributed by atoms with Gasteiger partial charge >= 0.3 is 0 Å². The number of hydrogen-bond donors (Lipinski definition) is 2. The van der Waals surface area contributed by atoms with Crippen LogP contribution >= 0.6 is 23.1 Å². The Morgan fingerprint density at radius 2 is 2.03 bits per heavy atom. The molecule has 0 aliphatic carbocycles. The maximum atomic E-state index is 12.5. The minimum absolute atomic E-state index is 0.0767. The number of nitrogens with one attached hydrogen (secondary N) is 1. The summed E-state index contributed by atoms with van der Waals surface area (Å²) in [5.41, 5.74) is 7.16. The number of nitrogens with two attached hydrogens (primary N) is 1. The van der Waals surface area contributed by atoms with Gasteiger partial charge in [-0.15, -0.1) is 23.1 Å². The Morgan fingerprint density at radius 1 is 1.30 bits per heavy atom. The molecule has 8 heteroatoms. The highest BCUT2D eigenvalue weighted by Crippen LogP contribution is 2.37. The monoisotopic (exact) mass is 447 g/mol. The Morgan fingerprint density at radius 3 is 2.67 bits per heavy atom. The van der Waals surface area contributed by atoms with Crippen molar-refractivity contribution in [2.45, 2.75) is 50.6 Å². The number of nitrogens with zero attached hydrogens (tertiary/aromatic N) is 1. The van der Waals surface area contributed by atoms with E-state index < -0.39 is 5.91 Å². The maximum absolute atomic E-state index is 12.5. The molecule has 2 aromatic rings. The number of amides is 2. The average molecular weight is 448 g/mol. The van der Waals surface area contributed by atoms with Crippen molar-refractivity contribution < 1.29 is 14.3 Å². The van der Waals surface area contributed by atoms with Gasteiger partial charge in [0.1, 0.15) is 10.8 Å². The molecule has 30 heavy (non-hydrogen) atoms. The summed E-state index contributed by atoms with van der Waals surface area (Å²) in [5, 5.41) is 3.54. The van der Waals surface area contributed by atoms with E-state index in [-0.39, 0.29) is 5.91 Å². The summed E-state index contributed by atoms with van der Waals surface area (Å²) in [6.07, 6.45) is 1.94. The fourth-order valence-electron chi connectivity index (χ4n) is 3.50. The third-order valence-electron chi connectivity index (χ3n) is 5.19. The minimum Gasteiger partial charge on any atom is -0.497 e. The van der Waals surface area contributed by atoms with E-state index in [0.29, 0.717) is 23.0 Å². The largest absolute Gasteiger partial charge is 0.497 e. The number of benzene rings is 1. The van der Waals surface area contributed by atoms with Crippen LogP contribution in [0.3, 0.4) is 0 Å². The molecular formula is C22H29N3O3S2. The molecule has 6 nitrogen and oxygen atoms in total. The highest BCUT2D eigenvalue weighted by atomic mass is 32.2. The molecule has 162 valence electrons. The van der Waals surface area contributed by atoms with Gasteiger partial charge in [-0.25, -0.2) is 0 Å². The number of thioether (sulfide) groups is 1. The molecule has 3 rings (SSSR count). The third-order valence-corrected chi connectivity index (χ3v) is 7.42. The number of hydrogen-bond acceptors (Lipinski definition) is 6. The van der Waals surface area contributed by atoms with Crippen LogP contribution in [0.5, 0.6) is 5.75 Å². The zero-order chi connectivity index (χ0) is 21.7. The van der Waals surface area contributed by atoms with E-state index in [1.807, 2.05) is 24.3 Å². The van der Waals surface area contributed by atoms with E-state index in [2.05, 4.69) is 24.1 Å². The molecule has 1 aliphatic heterocycles. The predicted octanol–water partition coefficient (Wildman–Crippen LogP) is 4.13. The highest BCUT2D eigenvalue weighted by Gasteiger charge is 2.28. The van der Waals surface area contributed by atoms with Crippen LogP contribution in [0.1, 0.15) is 47.5 Å². The molecule has 0 saturated carbocycles. The first-order valence-electron chi connectivity index (χ1n) is 10.1. The van der Waals surface area contributed by atoms with E-state index in [1.165, 1.54) is 11.3 Å². The summed E-state index contributed by atoms with van der Waals surface area (Å²) < 4.78 is 5.16. The van der Waals surface area contributed by atoms with Crippen molar-refractivity contribution in [3.8, 4) is 5.75 Å². The van der Waals surface area contributed by atoms with Crippen molar-refractivity contribution in [1.29, 1.82) is 0 Å². The van der Waals surface area contributed by atoms with Crippen molar-refractivity contribution in [2.75, 3.05) is 24.7 Å². The van der Waals surface area contributed by atoms with E-state index in [4.69, 9.17) is 10.5 Å². The standard InChI is InChI=1S/C22H29N3O3S2/c1-14(2)25-11-10-17-18(13-25)30-22(20(17)21(23)27)24-19(26)5-4-12-29-16-8-6-15(28-3)7-9-16/h6-9,14H,4-5,10-13H2,1-3H3,(H2,23,27)(H,24,26). The van der Waals surface area contributed by atoms with Crippen LogP contribution in [-0.2, 0) is 17.8 Å². The van der Waals surface area contributed by atoms with Crippen molar-refractivity contribution in [1.82, 2.24) is 4.90 Å². The van der Waals surface area contributed by atoms with Gasteiger partial charge in [-0.1, -0.05) is 0 Å². The van der Waals surface area contributed by atoms with Crippen LogP contribution in [0.15, 0.2) is 29.2 Å². The second kappa shape index (κ2) is 10.3. The summed E-state index contributed by atoms with van der Waals surface area (Å²) >= 11 is 3.20. The summed E-state index contributed by atoms with van der Waals surface area (Å²) in [4.78, 5) is 29.2. The number of carbonyl (C=O) groups excluding carboxylic acids is 2. The molecule has 2 heterocycles. The van der Waals surface area contributed by atoms with Crippen LogP contribution in [0.4, 0.5) is 5.00 Å². The first-order valence-corrected chi connectivity index (χ1v) is 11.9. The summed E-state index contributed by atoms with van der Waals surface area (Å²) in [5.74, 6) is 1.13. The molecule has 0 spiro atoms. The second-order valence-electron chi connectivity index (χ2n) is 7.56. The summed E-state index contributed by atoms with van der Waals surface area (Å²) in [6, 6.07) is 8.33. The first kappa shape index (κ1) is 22.7. The van der Waals surface area contributed by atoms with Crippen LogP contribution in [-0.4, -0.2) is 42.2 Å². The molecular weight excluding hydrogens is 418 g/mol. The zero-order valence-electron chi connectivity index (χ0n) is 17.7. The van der Waals surface area contributed by atoms with Gasteiger partial charge in [-0.3, -0.25) is 14.5 Å². The van der Waals surface area contributed by atoms with E-state index in [0.717, 1.165) is 52.8 Å². The van der Waals surface area contributed by atoms with E-state index in [9.17, 15) is 9.59 Å². The number of ether oxygens (including phenoxy) is 1. The van der Waals surface area contributed by atoms with Crippen LogP contribution in [0.25, 0.3) is 0 Å². The Balaban J connectivity index is 1.55. The van der Waals surface area contributed by atoms with Gasteiger partial charge < -0.3 is 15.8 Å². The smallest absolute Gasteiger partial charge is 0.251 e. The molecule has 0 fully saturated rings. The van der Waals surface area contributed by atoms with Crippen LogP contribution in [0.2, 0.25) is 0 Å². The van der Waals surface area contributed by atoms with Crippen molar-refractivity contribution in [3.63, 3.8) is 0 Å². The Hall–Kier alpha value is -2.03. The lowest BCUT2D eigenvalue weighted by molar-refractivity contribution is -0.116. The molecule has 0 atom stereocenters. The molecule has 1 aliphatic rings. The number of methoxy groups -OCH3 is 1. The molecule has 2 amide bonds. The lowest BCUT2D eigenvalue weighted by Crippen LogP contribution is -2.35. The molecule has 0 unspecified atom stereocenters. The summed E-state index contributed by atoms with van der Waals surface area (Å²) in [6.45, 7) is 6.03. The average Bonchev–Trinajstić information content (AvgIpc) is 3.08. The summed E-state index contributed by atoms with van der Waals surface area (Å²) in [7, 11) is 1.65.